The molecule has 6 heteroatoms. The fourth-order valence-electron chi connectivity index (χ4n) is 3.11. The summed E-state index contributed by atoms with van der Waals surface area (Å²) in [6.45, 7) is 3.95. The molecule has 2 heterocycles. The van der Waals surface area contributed by atoms with Crippen LogP contribution in [0.15, 0.2) is 36.7 Å². The van der Waals surface area contributed by atoms with Crippen LogP contribution in [0.25, 0.3) is 11.4 Å². The fourth-order valence-corrected chi connectivity index (χ4v) is 3.11. The molecule has 1 fully saturated rings. The lowest BCUT2D eigenvalue weighted by atomic mass is 10.1. The summed E-state index contributed by atoms with van der Waals surface area (Å²) in [5.74, 6) is 1.32. The van der Waals surface area contributed by atoms with E-state index in [2.05, 4.69) is 16.9 Å². The number of carbonyl (C=O) groups is 1. The minimum atomic E-state index is -0.419. The molecule has 0 N–H and O–H groups in total. The van der Waals surface area contributed by atoms with Crippen LogP contribution in [0.1, 0.15) is 25.8 Å². The molecule has 1 aromatic heterocycles. The molecule has 1 saturated heterocycles. The van der Waals surface area contributed by atoms with Crippen LogP contribution in [0.4, 0.5) is 0 Å². The van der Waals surface area contributed by atoms with Gasteiger partial charge in [0.1, 0.15) is 23.7 Å². The molecular formula is C19H25N3O3. The number of methoxy groups -OCH3 is 1. The highest BCUT2D eigenvalue weighted by Gasteiger charge is 2.20. The Bertz CT molecular complexity index is 703. The maximum absolute atomic E-state index is 11.8. The molecule has 25 heavy (non-hydrogen) atoms. The minimum absolute atomic E-state index is 0.281. The highest BCUT2D eigenvalue weighted by molar-refractivity contribution is 5.74. The second kappa shape index (κ2) is 7.70. The van der Waals surface area contributed by atoms with E-state index in [0.29, 0.717) is 0 Å². The quantitative estimate of drug-likeness (QED) is 0.782. The number of aromatic nitrogens is 2. The predicted molar refractivity (Wildman–Crippen MR) is 95.5 cm³/mol. The van der Waals surface area contributed by atoms with Gasteiger partial charge in [0.05, 0.1) is 7.11 Å². The molecule has 0 spiro atoms. The monoisotopic (exact) mass is 343 g/mol. The number of imidazole rings is 1. The van der Waals surface area contributed by atoms with Gasteiger partial charge in [-0.25, -0.2) is 9.78 Å². The van der Waals surface area contributed by atoms with E-state index in [4.69, 9.17) is 9.47 Å². The molecule has 0 amide bonds. The average Bonchev–Trinajstić information content (AvgIpc) is 3.12. The number of hydrogen-bond donors (Lipinski definition) is 0. The summed E-state index contributed by atoms with van der Waals surface area (Å²) >= 11 is 0. The van der Waals surface area contributed by atoms with Crippen molar-refractivity contribution in [3.8, 4) is 17.1 Å². The summed E-state index contributed by atoms with van der Waals surface area (Å²) < 4.78 is 12.7. The molecule has 134 valence electrons. The molecule has 1 unspecified atom stereocenters. The predicted octanol–water partition coefficient (Wildman–Crippen LogP) is 2.76. The zero-order valence-electron chi connectivity index (χ0n) is 15.0. The van der Waals surface area contributed by atoms with Crippen LogP contribution in [0.3, 0.4) is 0 Å². The van der Waals surface area contributed by atoms with Gasteiger partial charge in [0.15, 0.2) is 0 Å². The number of esters is 1. The van der Waals surface area contributed by atoms with E-state index >= 15 is 0 Å². The molecular weight excluding hydrogens is 318 g/mol. The third kappa shape index (κ3) is 4.02. The zero-order valence-corrected chi connectivity index (χ0v) is 15.0. The highest BCUT2D eigenvalue weighted by atomic mass is 16.5. The fraction of sp³-hybridized carbons (Fsp3) is 0.474. The average molecular weight is 343 g/mol. The summed E-state index contributed by atoms with van der Waals surface area (Å²) in [5.41, 5.74) is 0.941. The highest BCUT2D eigenvalue weighted by Crippen LogP contribution is 2.25. The Morgan fingerprint density at radius 1 is 1.24 bits per heavy atom. The SMILES string of the molecule is COC(=O)C(C)n1ccnc1-c1ccc(OC2CCN(C)CC2)cc1. The Hall–Kier alpha value is -2.34. The van der Waals surface area contributed by atoms with Crippen molar-refractivity contribution in [2.75, 3.05) is 27.2 Å². The summed E-state index contributed by atoms with van der Waals surface area (Å²) in [5, 5.41) is 0. The van der Waals surface area contributed by atoms with Crippen molar-refractivity contribution in [2.24, 2.45) is 0 Å². The first kappa shape index (κ1) is 17.5. The van der Waals surface area contributed by atoms with Crippen molar-refractivity contribution < 1.29 is 14.3 Å². The van der Waals surface area contributed by atoms with Gasteiger partial charge >= 0.3 is 5.97 Å². The van der Waals surface area contributed by atoms with Crippen LogP contribution in [-0.2, 0) is 9.53 Å². The lowest BCUT2D eigenvalue weighted by molar-refractivity contribution is -0.143. The van der Waals surface area contributed by atoms with E-state index in [-0.39, 0.29) is 12.1 Å². The van der Waals surface area contributed by atoms with E-state index in [1.54, 1.807) is 19.3 Å². The molecule has 1 aliphatic rings. The van der Waals surface area contributed by atoms with Gasteiger partial charge in [0.2, 0.25) is 0 Å². The Labute approximate surface area is 148 Å². The molecule has 0 saturated carbocycles. The minimum Gasteiger partial charge on any atom is -0.490 e. The molecule has 2 aromatic rings. The van der Waals surface area contributed by atoms with Gasteiger partial charge in [-0.15, -0.1) is 0 Å². The number of benzene rings is 1. The third-order valence-electron chi connectivity index (χ3n) is 4.71. The summed E-state index contributed by atoms with van der Waals surface area (Å²) in [4.78, 5) is 18.5. The smallest absolute Gasteiger partial charge is 0.328 e. The first-order valence-corrected chi connectivity index (χ1v) is 8.65. The van der Waals surface area contributed by atoms with Crippen LogP contribution in [-0.4, -0.2) is 53.8 Å². The van der Waals surface area contributed by atoms with Crippen molar-refractivity contribution in [2.45, 2.75) is 31.9 Å². The van der Waals surface area contributed by atoms with E-state index in [9.17, 15) is 4.79 Å². The summed E-state index contributed by atoms with van der Waals surface area (Å²) in [6, 6.07) is 7.48. The van der Waals surface area contributed by atoms with Gasteiger partial charge in [-0.3, -0.25) is 0 Å². The molecule has 3 rings (SSSR count). The number of hydrogen-bond acceptors (Lipinski definition) is 5. The van der Waals surface area contributed by atoms with Crippen molar-refractivity contribution in [3.05, 3.63) is 36.7 Å². The Morgan fingerprint density at radius 2 is 1.92 bits per heavy atom. The first-order valence-electron chi connectivity index (χ1n) is 8.65. The lowest BCUT2D eigenvalue weighted by Crippen LogP contribution is -2.35. The molecule has 0 bridgehead atoms. The van der Waals surface area contributed by atoms with Crippen LogP contribution in [0.2, 0.25) is 0 Å². The van der Waals surface area contributed by atoms with E-state index in [1.807, 2.05) is 28.8 Å². The van der Waals surface area contributed by atoms with Crippen LogP contribution < -0.4 is 4.74 Å². The van der Waals surface area contributed by atoms with E-state index in [0.717, 1.165) is 43.1 Å². The first-order chi connectivity index (χ1) is 12.1. The number of carbonyl (C=O) groups excluding carboxylic acids is 1. The van der Waals surface area contributed by atoms with Crippen molar-refractivity contribution in [3.63, 3.8) is 0 Å². The standard InChI is InChI=1S/C19H25N3O3/c1-14(19(23)24-3)22-13-10-20-18(22)15-4-6-16(7-5-15)25-17-8-11-21(2)12-9-17/h4-7,10,13-14,17H,8-9,11-12H2,1-3H3. The van der Waals surface area contributed by atoms with Gasteiger partial charge in [-0.1, -0.05) is 0 Å². The van der Waals surface area contributed by atoms with Gasteiger partial charge < -0.3 is 18.9 Å². The van der Waals surface area contributed by atoms with Crippen LogP contribution >= 0.6 is 0 Å². The summed E-state index contributed by atoms with van der Waals surface area (Å²) in [6.07, 6.45) is 5.87. The zero-order chi connectivity index (χ0) is 17.8. The van der Waals surface area contributed by atoms with Crippen LogP contribution in [0.5, 0.6) is 5.75 Å². The van der Waals surface area contributed by atoms with Crippen molar-refractivity contribution in [1.29, 1.82) is 0 Å². The largest absolute Gasteiger partial charge is 0.490 e. The van der Waals surface area contributed by atoms with Crippen LogP contribution in [0, 0.1) is 0 Å². The molecule has 0 aliphatic carbocycles. The van der Waals surface area contributed by atoms with E-state index in [1.165, 1.54) is 7.11 Å². The lowest BCUT2D eigenvalue weighted by Gasteiger charge is -2.29. The maximum atomic E-state index is 11.8. The second-order valence-corrected chi connectivity index (χ2v) is 6.50. The molecule has 1 aromatic carbocycles. The Balaban J connectivity index is 1.71. The number of ether oxygens (including phenoxy) is 2. The topological polar surface area (TPSA) is 56.6 Å². The van der Waals surface area contributed by atoms with Gasteiger partial charge in [0.25, 0.3) is 0 Å². The van der Waals surface area contributed by atoms with Gasteiger partial charge in [0, 0.05) is 31.0 Å². The number of likely N-dealkylation sites (tertiary alicyclic amines) is 1. The molecule has 1 aliphatic heterocycles. The van der Waals surface area contributed by atoms with Crippen molar-refractivity contribution >= 4 is 5.97 Å². The molecule has 6 nitrogen and oxygen atoms in total. The van der Waals surface area contributed by atoms with Crippen molar-refractivity contribution in [1.82, 2.24) is 14.5 Å². The molecule has 0 radical (unpaired) electrons. The summed E-state index contributed by atoms with van der Waals surface area (Å²) in [7, 11) is 3.53. The Kier molecular flexibility index (Phi) is 5.38. The van der Waals surface area contributed by atoms with Gasteiger partial charge in [-0.05, 0) is 51.1 Å². The normalized spacial score (nSPS) is 17.2. The Morgan fingerprint density at radius 3 is 2.56 bits per heavy atom. The van der Waals surface area contributed by atoms with E-state index < -0.39 is 6.04 Å². The number of rotatable bonds is 5. The number of piperidine rings is 1. The maximum Gasteiger partial charge on any atom is 0.328 e. The van der Waals surface area contributed by atoms with Gasteiger partial charge in [-0.2, -0.15) is 0 Å². The number of nitrogens with zero attached hydrogens (tertiary/aromatic N) is 3. The third-order valence-corrected chi connectivity index (χ3v) is 4.71. The second-order valence-electron chi connectivity index (χ2n) is 6.50. The molecule has 1 atom stereocenters.